The number of benzene rings is 1. The van der Waals surface area contributed by atoms with E-state index in [1.807, 2.05) is 32.9 Å². The van der Waals surface area contributed by atoms with Gasteiger partial charge in [0, 0.05) is 18.5 Å². The van der Waals surface area contributed by atoms with Crippen molar-refractivity contribution in [3.63, 3.8) is 0 Å². The predicted octanol–water partition coefficient (Wildman–Crippen LogP) is 1.65. The average Bonchev–Trinajstić information content (AvgIpc) is 2.80. The molecule has 4 heteroatoms. The summed E-state index contributed by atoms with van der Waals surface area (Å²) in [4.78, 5) is 12.2. The normalized spacial score (nSPS) is 15.4. The number of carbonyl (C=O) groups is 1. The fourth-order valence-corrected chi connectivity index (χ4v) is 2.41. The molecule has 0 bridgehead atoms. The molecule has 4 nitrogen and oxygen atoms in total. The molecule has 0 aromatic heterocycles. The van der Waals surface area contributed by atoms with Crippen LogP contribution in [0.25, 0.3) is 0 Å². The Morgan fingerprint density at radius 1 is 1.45 bits per heavy atom. The third-order valence-electron chi connectivity index (χ3n) is 3.39. The Morgan fingerprint density at radius 3 is 2.85 bits per heavy atom. The van der Waals surface area contributed by atoms with Crippen LogP contribution in [0.3, 0.4) is 0 Å². The maximum atomic E-state index is 12.2. The second kappa shape index (κ2) is 5.83. The van der Waals surface area contributed by atoms with E-state index in [1.165, 1.54) is 5.56 Å². The number of carbonyl (C=O) groups excluding carboxylic acids is 1. The monoisotopic (exact) mass is 276 g/mol. The van der Waals surface area contributed by atoms with Gasteiger partial charge in [-0.25, -0.2) is 0 Å². The molecule has 1 aliphatic rings. The van der Waals surface area contributed by atoms with Crippen LogP contribution in [0.4, 0.5) is 0 Å². The predicted molar refractivity (Wildman–Crippen MR) is 79.8 cm³/mol. The van der Waals surface area contributed by atoms with Crippen molar-refractivity contribution in [2.45, 2.75) is 39.2 Å². The summed E-state index contributed by atoms with van der Waals surface area (Å²) in [5.74, 6) is 0.809. The minimum Gasteiger partial charge on any atom is -0.493 e. The van der Waals surface area contributed by atoms with Gasteiger partial charge in [-0.15, -0.1) is 0 Å². The quantitative estimate of drug-likeness (QED) is 0.879. The van der Waals surface area contributed by atoms with Crippen LogP contribution in [-0.4, -0.2) is 24.6 Å². The van der Waals surface area contributed by atoms with Gasteiger partial charge in [0.15, 0.2) is 0 Å². The van der Waals surface area contributed by atoms with Crippen LogP contribution in [0.2, 0.25) is 0 Å². The first-order chi connectivity index (χ1) is 9.39. The molecule has 0 spiro atoms. The van der Waals surface area contributed by atoms with Crippen molar-refractivity contribution in [1.29, 1.82) is 0 Å². The smallest absolute Gasteiger partial charge is 0.225 e. The Bertz CT molecular complexity index is 492. The Kier molecular flexibility index (Phi) is 4.33. The maximum Gasteiger partial charge on any atom is 0.225 e. The number of hydrogen-bond acceptors (Lipinski definition) is 3. The summed E-state index contributed by atoms with van der Waals surface area (Å²) in [6.07, 6.45) is 1.62. The van der Waals surface area contributed by atoms with Gasteiger partial charge in [-0.1, -0.05) is 12.1 Å². The molecule has 0 radical (unpaired) electrons. The van der Waals surface area contributed by atoms with Gasteiger partial charge in [-0.2, -0.15) is 0 Å². The lowest BCUT2D eigenvalue weighted by Crippen LogP contribution is -2.46. The number of amides is 1. The highest BCUT2D eigenvalue weighted by molar-refractivity contribution is 5.79. The highest BCUT2D eigenvalue weighted by atomic mass is 16.5. The van der Waals surface area contributed by atoms with Crippen LogP contribution >= 0.6 is 0 Å². The molecule has 0 saturated heterocycles. The van der Waals surface area contributed by atoms with Crippen LogP contribution in [-0.2, 0) is 17.6 Å². The van der Waals surface area contributed by atoms with Gasteiger partial charge in [0.05, 0.1) is 12.5 Å². The summed E-state index contributed by atoms with van der Waals surface area (Å²) in [6.45, 7) is 7.04. The lowest BCUT2D eigenvalue weighted by Gasteiger charge is -2.24. The molecule has 1 heterocycles. The first-order valence-corrected chi connectivity index (χ1v) is 7.16. The molecule has 1 amide bonds. The molecule has 0 fully saturated rings. The van der Waals surface area contributed by atoms with E-state index in [2.05, 4.69) is 11.4 Å². The zero-order valence-corrected chi connectivity index (χ0v) is 12.5. The van der Waals surface area contributed by atoms with Crippen LogP contribution in [0.5, 0.6) is 5.75 Å². The van der Waals surface area contributed by atoms with Crippen LogP contribution in [0.15, 0.2) is 18.2 Å². The number of hydrogen-bond donors (Lipinski definition) is 2. The van der Waals surface area contributed by atoms with E-state index in [0.717, 1.165) is 24.3 Å². The third-order valence-corrected chi connectivity index (χ3v) is 3.39. The van der Waals surface area contributed by atoms with Gasteiger partial charge in [0.25, 0.3) is 0 Å². The van der Waals surface area contributed by atoms with E-state index >= 15 is 0 Å². The summed E-state index contributed by atoms with van der Waals surface area (Å²) in [7, 11) is 0. The summed E-state index contributed by atoms with van der Waals surface area (Å²) in [6, 6.07) is 6.15. The van der Waals surface area contributed by atoms with E-state index in [9.17, 15) is 4.79 Å². The SMILES string of the molecule is CC(C)(C)NC(=O)C(CN)Cc1ccc2c(c1)CCO2. The molecule has 1 aliphatic heterocycles. The maximum absolute atomic E-state index is 12.2. The highest BCUT2D eigenvalue weighted by Gasteiger charge is 2.22. The molecule has 1 aromatic rings. The topological polar surface area (TPSA) is 64.4 Å². The zero-order chi connectivity index (χ0) is 14.8. The second-order valence-electron chi connectivity index (χ2n) is 6.42. The molecule has 1 unspecified atom stereocenters. The molecule has 1 atom stereocenters. The molecule has 0 aliphatic carbocycles. The molecular weight excluding hydrogens is 252 g/mol. The van der Waals surface area contributed by atoms with Crippen molar-refractivity contribution < 1.29 is 9.53 Å². The van der Waals surface area contributed by atoms with E-state index in [1.54, 1.807) is 0 Å². The molecule has 0 saturated carbocycles. The van der Waals surface area contributed by atoms with Gasteiger partial charge in [-0.3, -0.25) is 4.79 Å². The summed E-state index contributed by atoms with van der Waals surface area (Å²) in [5.41, 5.74) is 7.92. The molecule has 110 valence electrons. The summed E-state index contributed by atoms with van der Waals surface area (Å²) >= 11 is 0. The summed E-state index contributed by atoms with van der Waals surface area (Å²) in [5, 5.41) is 3.00. The van der Waals surface area contributed by atoms with Gasteiger partial charge < -0.3 is 15.8 Å². The van der Waals surface area contributed by atoms with Gasteiger partial charge in [-0.05, 0) is 44.4 Å². The van der Waals surface area contributed by atoms with E-state index in [-0.39, 0.29) is 17.4 Å². The van der Waals surface area contributed by atoms with Gasteiger partial charge in [0.2, 0.25) is 5.91 Å². The second-order valence-corrected chi connectivity index (χ2v) is 6.42. The first-order valence-electron chi connectivity index (χ1n) is 7.16. The van der Waals surface area contributed by atoms with Crippen molar-refractivity contribution in [2.24, 2.45) is 11.7 Å². The number of nitrogens with two attached hydrogens (primary N) is 1. The third kappa shape index (κ3) is 3.73. The average molecular weight is 276 g/mol. The lowest BCUT2D eigenvalue weighted by molar-refractivity contribution is -0.126. The Hall–Kier alpha value is -1.55. The van der Waals surface area contributed by atoms with Crippen LogP contribution in [0.1, 0.15) is 31.9 Å². The fourth-order valence-electron chi connectivity index (χ4n) is 2.41. The molecule has 2 rings (SSSR count). The van der Waals surface area contributed by atoms with Crippen molar-refractivity contribution in [1.82, 2.24) is 5.32 Å². The van der Waals surface area contributed by atoms with E-state index < -0.39 is 0 Å². The summed E-state index contributed by atoms with van der Waals surface area (Å²) < 4.78 is 5.49. The highest BCUT2D eigenvalue weighted by Crippen LogP contribution is 2.26. The number of nitrogens with one attached hydrogen (secondary N) is 1. The first kappa shape index (κ1) is 14.9. The Labute approximate surface area is 120 Å². The lowest BCUT2D eigenvalue weighted by atomic mass is 9.95. The molecule has 1 aromatic carbocycles. The number of fused-ring (bicyclic) bond motifs is 1. The largest absolute Gasteiger partial charge is 0.493 e. The van der Waals surface area contributed by atoms with Gasteiger partial charge >= 0.3 is 0 Å². The van der Waals surface area contributed by atoms with Gasteiger partial charge in [0.1, 0.15) is 5.75 Å². The number of rotatable bonds is 4. The minimum atomic E-state index is -0.226. The van der Waals surface area contributed by atoms with E-state index in [0.29, 0.717) is 13.0 Å². The Balaban J connectivity index is 2.04. The Morgan fingerprint density at radius 2 is 2.20 bits per heavy atom. The number of ether oxygens (including phenoxy) is 1. The fraction of sp³-hybridized carbons (Fsp3) is 0.562. The van der Waals surface area contributed by atoms with Crippen LogP contribution < -0.4 is 15.8 Å². The molecular formula is C16H24N2O2. The van der Waals surface area contributed by atoms with Crippen molar-refractivity contribution >= 4 is 5.91 Å². The van der Waals surface area contributed by atoms with E-state index in [4.69, 9.17) is 10.5 Å². The zero-order valence-electron chi connectivity index (χ0n) is 12.5. The van der Waals surface area contributed by atoms with Crippen molar-refractivity contribution in [3.8, 4) is 5.75 Å². The molecule has 3 N–H and O–H groups in total. The van der Waals surface area contributed by atoms with Crippen LogP contribution in [0, 0.1) is 5.92 Å². The van der Waals surface area contributed by atoms with Crippen molar-refractivity contribution in [2.75, 3.05) is 13.2 Å². The minimum absolute atomic E-state index is 0.0248. The van der Waals surface area contributed by atoms with Crippen molar-refractivity contribution in [3.05, 3.63) is 29.3 Å². The standard InChI is InChI=1S/C16H24N2O2/c1-16(2,3)18-15(19)13(10-17)9-11-4-5-14-12(8-11)6-7-20-14/h4-5,8,13H,6-7,9-10,17H2,1-3H3,(H,18,19). The molecule has 20 heavy (non-hydrogen) atoms.